The second-order valence-corrected chi connectivity index (χ2v) is 10.4. The lowest BCUT2D eigenvalue weighted by atomic mass is 9.85. The molecule has 1 heterocycles. The topological polar surface area (TPSA) is 221 Å². The van der Waals surface area contributed by atoms with Crippen LogP contribution in [0.1, 0.15) is 25.0 Å². The molecule has 0 saturated carbocycles. The number of phenols is 2. The van der Waals surface area contributed by atoms with Crippen molar-refractivity contribution in [3.63, 3.8) is 0 Å². The fourth-order valence-corrected chi connectivity index (χ4v) is 4.44. The smallest absolute Gasteiger partial charge is 0.446 e. The van der Waals surface area contributed by atoms with Crippen molar-refractivity contribution in [3.8, 4) is 23.0 Å². The van der Waals surface area contributed by atoms with E-state index in [4.69, 9.17) is 19.1 Å². The number of hydrogen-bond acceptors (Lipinski definition) is 11. The van der Waals surface area contributed by atoms with E-state index in [9.17, 15) is 38.7 Å². The van der Waals surface area contributed by atoms with Gasteiger partial charge >= 0.3 is 16.4 Å². The highest BCUT2D eigenvalue weighted by Gasteiger charge is 2.48. The maximum Gasteiger partial charge on any atom is 0.446 e. The molecular weight excluding hydrogens is 528 g/mol. The standard InChI is InChI=1S/C24H30O13S/c1-11(12(2)8-14-3-5-15(25)18(10-14)37-38(32,33)34)7-13-4-6-17(16(26)9-13)35-24-21(29)19(27)20(28)22(36-24)23(30)31/h3-6,9-12,19-22,24-29H,7-8H2,1-2H3,(H,30,31)(H,32,33,34)/t11?,12?,19-,20-,21+,22-,24+/m0/s1. The highest BCUT2D eigenvalue weighted by molar-refractivity contribution is 7.81. The van der Waals surface area contributed by atoms with Crippen LogP contribution < -0.4 is 8.92 Å². The van der Waals surface area contributed by atoms with Crippen LogP contribution in [0.5, 0.6) is 23.0 Å². The summed E-state index contributed by atoms with van der Waals surface area (Å²) in [6, 6.07) is 8.63. The SMILES string of the molecule is CC(Cc1ccc(O[C@@H]2O[C@H](C(=O)O)[C@@H](O)[C@H](O)[C@H]2O)c(O)c1)C(C)Cc1ccc(O)c(OS(=O)(=O)O)c1. The molecule has 0 aromatic heterocycles. The van der Waals surface area contributed by atoms with Gasteiger partial charge in [-0.2, -0.15) is 8.42 Å². The number of rotatable bonds is 10. The number of ether oxygens (including phenoxy) is 2. The molecular formula is C24H30O13S. The molecule has 3 rings (SSSR count). The van der Waals surface area contributed by atoms with Crippen LogP contribution in [0.2, 0.25) is 0 Å². The Morgan fingerprint density at radius 1 is 0.895 bits per heavy atom. The maximum atomic E-state index is 11.3. The Kier molecular flexibility index (Phi) is 9.07. The molecule has 0 spiro atoms. The molecule has 0 bridgehead atoms. The van der Waals surface area contributed by atoms with Gasteiger partial charge in [0.2, 0.25) is 6.29 Å². The van der Waals surface area contributed by atoms with Crippen molar-refractivity contribution in [2.75, 3.05) is 0 Å². The van der Waals surface area contributed by atoms with E-state index in [1.807, 2.05) is 13.8 Å². The maximum absolute atomic E-state index is 11.3. The molecule has 1 saturated heterocycles. The van der Waals surface area contributed by atoms with Gasteiger partial charge in [0.25, 0.3) is 0 Å². The lowest BCUT2D eigenvalue weighted by molar-refractivity contribution is -0.271. The minimum atomic E-state index is -4.80. The average Bonchev–Trinajstić information content (AvgIpc) is 2.81. The number of hydrogen-bond donors (Lipinski definition) is 7. The van der Waals surface area contributed by atoms with Crippen molar-refractivity contribution in [3.05, 3.63) is 47.5 Å². The Bertz CT molecular complexity index is 1250. The summed E-state index contributed by atoms with van der Waals surface area (Å²) in [5.41, 5.74) is 1.38. The highest BCUT2D eigenvalue weighted by atomic mass is 32.3. The molecule has 2 aromatic carbocycles. The van der Waals surface area contributed by atoms with E-state index in [2.05, 4.69) is 4.18 Å². The third-order valence-corrected chi connectivity index (χ3v) is 6.78. The average molecular weight is 559 g/mol. The number of carboxylic acid groups (broad SMARTS) is 1. The van der Waals surface area contributed by atoms with Gasteiger partial charge in [0, 0.05) is 0 Å². The number of benzene rings is 2. The Labute approximate surface area is 218 Å². The van der Waals surface area contributed by atoms with Gasteiger partial charge < -0.3 is 44.3 Å². The molecule has 210 valence electrons. The summed E-state index contributed by atoms with van der Waals surface area (Å²) in [6.07, 6.45) is -8.00. The minimum absolute atomic E-state index is 0.0443. The Balaban J connectivity index is 1.64. The Hall–Kier alpha value is -3.14. The third-order valence-electron chi connectivity index (χ3n) is 6.39. The fourth-order valence-electron chi connectivity index (χ4n) is 4.08. The van der Waals surface area contributed by atoms with Gasteiger partial charge in [-0.15, -0.1) is 0 Å². The van der Waals surface area contributed by atoms with Crippen molar-refractivity contribution in [2.24, 2.45) is 11.8 Å². The number of phenolic OH excluding ortho intramolecular Hbond substituents is 2. The molecule has 1 aliphatic heterocycles. The molecule has 1 aliphatic rings. The quantitative estimate of drug-likeness (QED) is 0.199. The van der Waals surface area contributed by atoms with Gasteiger partial charge in [-0.3, -0.25) is 4.55 Å². The van der Waals surface area contributed by atoms with Gasteiger partial charge in [0.15, 0.2) is 29.1 Å². The van der Waals surface area contributed by atoms with Crippen LogP contribution in [0.15, 0.2) is 36.4 Å². The van der Waals surface area contributed by atoms with Gasteiger partial charge in [-0.25, -0.2) is 4.79 Å². The summed E-state index contributed by atoms with van der Waals surface area (Å²) in [4.78, 5) is 11.3. The van der Waals surface area contributed by atoms with Crippen molar-refractivity contribution in [2.45, 2.75) is 57.4 Å². The molecule has 7 N–H and O–H groups in total. The van der Waals surface area contributed by atoms with Crippen LogP contribution in [0.4, 0.5) is 0 Å². The predicted molar refractivity (Wildman–Crippen MR) is 129 cm³/mol. The molecule has 0 aliphatic carbocycles. The number of aliphatic hydroxyl groups excluding tert-OH is 3. The Morgan fingerprint density at radius 2 is 1.47 bits per heavy atom. The van der Waals surface area contributed by atoms with Gasteiger partial charge in [-0.05, 0) is 60.1 Å². The fraction of sp³-hybridized carbons (Fsp3) is 0.458. The van der Waals surface area contributed by atoms with Crippen LogP contribution in [-0.2, 0) is 32.8 Å². The van der Waals surface area contributed by atoms with Crippen LogP contribution >= 0.6 is 0 Å². The van der Waals surface area contributed by atoms with Crippen molar-refractivity contribution >= 4 is 16.4 Å². The van der Waals surface area contributed by atoms with E-state index in [-0.39, 0.29) is 23.3 Å². The Morgan fingerprint density at radius 3 is 2.03 bits per heavy atom. The number of aliphatic carboxylic acids is 1. The first-order chi connectivity index (χ1) is 17.7. The number of aromatic hydroxyl groups is 2. The van der Waals surface area contributed by atoms with Crippen molar-refractivity contribution in [1.29, 1.82) is 0 Å². The molecule has 1 fully saturated rings. The van der Waals surface area contributed by atoms with E-state index in [1.54, 1.807) is 12.1 Å². The van der Waals surface area contributed by atoms with Gasteiger partial charge in [-0.1, -0.05) is 26.0 Å². The monoisotopic (exact) mass is 558 g/mol. The largest absolute Gasteiger partial charge is 0.504 e. The van der Waals surface area contributed by atoms with Crippen LogP contribution in [0, 0.1) is 11.8 Å². The normalized spacial score (nSPS) is 25.4. The summed E-state index contributed by atoms with van der Waals surface area (Å²) in [6.45, 7) is 3.92. The second-order valence-electron chi connectivity index (χ2n) is 9.33. The molecule has 7 atom stereocenters. The van der Waals surface area contributed by atoms with Crippen molar-refractivity contribution in [1.82, 2.24) is 0 Å². The second kappa shape index (κ2) is 11.7. The summed E-state index contributed by atoms with van der Waals surface area (Å²) in [5.74, 6) is -2.76. The molecule has 14 heteroatoms. The van der Waals surface area contributed by atoms with E-state index in [0.29, 0.717) is 18.4 Å². The number of carbonyl (C=O) groups is 1. The van der Waals surface area contributed by atoms with Crippen LogP contribution in [0.3, 0.4) is 0 Å². The molecule has 0 radical (unpaired) electrons. The third kappa shape index (κ3) is 7.24. The first kappa shape index (κ1) is 29.4. The van der Waals surface area contributed by atoms with Gasteiger partial charge in [0.1, 0.15) is 18.3 Å². The number of carboxylic acids is 1. The minimum Gasteiger partial charge on any atom is -0.504 e. The molecule has 2 unspecified atom stereocenters. The summed E-state index contributed by atoms with van der Waals surface area (Å²) in [7, 11) is -4.80. The van der Waals surface area contributed by atoms with E-state index >= 15 is 0 Å². The molecule has 2 aromatic rings. The summed E-state index contributed by atoms with van der Waals surface area (Å²) >= 11 is 0. The van der Waals surface area contributed by atoms with Gasteiger partial charge in [0.05, 0.1) is 0 Å². The molecule has 38 heavy (non-hydrogen) atoms. The van der Waals surface area contributed by atoms with Crippen molar-refractivity contribution < 1.29 is 62.1 Å². The first-order valence-corrected chi connectivity index (χ1v) is 12.9. The van der Waals surface area contributed by atoms with Crippen LogP contribution in [-0.4, -0.2) is 80.3 Å². The summed E-state index contributed by atoms with van der Waals surface area (Å²) in [5, 5.41) is 59.1. The lowest BCUT2D eigenvalue weighted by Gasteiger charge is -2.38. The lowest BCUT2D eigenvalue weighted by Crippen LogP contribution is -2.61. The molecule has 0 amide bonds. The first-order valence-electron chi connectivity index (χ1n) is 11.6. The van der Waals surface area contributed by atoms with E-state index < -0.39 is 58.6 Å². The summed E-state index contributed by atoms with van der Waals surface area (Å²) < 4.78 is 45.7. The predicted octanol–water partition coefficient (Wildman–Crippen LogP) is 0.608. The zero-order valence-electron chi connectivity index (χ0n) is 20.4. The van der Waals surface area contributed by atoms with E-state index in [1.165, 1.54) is 24.3 Å². The molecule has 13 nitrogen and oxygen atoms in total. The highest BCUT2D eigenvalue weighted by Crippen LogP contribution is 2.34. The zero-order chi connectivity index (χ0) is 28.4. The zero-order valence-corrected chi connectivity index (χ0v) is 21.2. The number of aliphatic hydroxyl groups is 3. The van der Waals surface area contributed by atoms with Crippen LogP contribution in [0.25, 0.3) is 0 Å². The van der Waals surface area contributed by atoms with E-state index in [0.717, 1.165) is 5.56 Å².